The van der Waals surface area contributed by atoms with Gasteiger partial charge in [0.1, 0.15) is 9.33 Å². The highest BCUT2D eigenvalue weighted by atomic mass is 35.5. The molecule has 0 rings (SSSR count). The van der Waals surface area contributed by atoms with Gasteiger partial charge in [0.15, 0.2) is 0 Å². The first-order valence-corrected chi connectivity index (χ1v) is 4.78. The molecule has 4 heteroatoms. The van der Waals surface area contributed by atoms with Crippen molar-refractivity contribution in [1.82, 2.24) is 0 Å². The van der Waals surface area contributed by atoms with E-state index in [9.17, 15) is 0 Å². The van der Waals surface area contributed by atoms with Gasteiger partial charge in [-0.15, -0.1) is 23.2 Å². The van der Waals surface area contributed by atoms with Gasteiger partial charge in [-0.05, 0) is 17.9 Å². The summed E-state index contributed by atoms with van der Waals surface area (Å²) in [4.78, 5) is -0.381. The van der Waals surface area contributed by atoms with Gasteiger partial charge in [0.25, 0.3) is 0 Å². The summed E-state index contributed by atoms with van der Waals surface area (Å²) >= 11 is 22.2. The summed E-state index contributed by atoms with van der Waals surface area (Å²) in [6.07, 6.45) is 2.37. The van der Waals surface area contributed by atoms with Crippen molar-refractivity contribution in [3.05, 3.63) is 10.6 Å². The van der Waals surface area contributed by atoms with Crippen LogP contribution in [-0.2, 0) is 0 Å². The molecule has 0 nitrogen and oxygen atoms in total. The molecule has 0 aromatic heterocycles. The van der Waals surface area contributed by atoms with Gasteiger partial charge in [-0.3, -0.25) is 0 Å². The topological polar surface area (TPSA) is 0 Å². The van der Waals surface area contributed by atoms with Crippen LogP contribution in [0.5, 0.6) is 0 Å². The van der Waals surface area contributed by atoms with Crippen LogP contribution >= 0.6 is 46.4 Å². The van der Waals surface area contributed by atoms with E-state index in [0.29, 0.717) is 6.42 Å². The van der Waals surface area contributed by atoms with E-state index in [1.54, 1.807) is 6.08 Å². The van der Waals surface area contributed by atoms with Crippen LogP contribution in [0.3, 0.4) is 0 Å². The zero-order valence-electron chi connectivity index (χ0n) is 6.37. The molecular formula is C7H10Cl4. The lowest BCUT2D eigenvalue weighted by atomic mass is 9.91. The van der Waals surface area contributed by atoms with Gasteiger partial charge >= 0.3 is 0 Å². The van der Waals surface area contributed by atoms with Crippen molar-refractivity contribution in [2.24, 2.45) is 5.41 Å². The van der Waals surface area contributed by atoms with Crippen molar-refractivity contribution in [1.29, 1.82) is 0 Å². The van der Waals surface area contributed by atoms with E-state index >= 15 is 0 Å². The Kier molecular flexibility index (Phi) is 5.21. The SMILES string of the molecule is CC(C)(C=C(Cl)Cl)CC(Cl)Cl. The second kappa shape index (κ2) is 4.81. The number of hydrogen-bond acceptors (Lipinski definition) is 0. The quantitative estimate of drug-likeness (QED) is 0.631. The molecule has 0 aliphatic heterocycles. The van der Waals surface area contributed by atoms with Crippen molar-refractivity contribution in [2.45, 2.75) is 25.1 Å². The van der Waals surface area contributed by atoms with Crippen molar-refractivity contribution >= 4 is 46.4 Å². The van der Waals surface area contributed by atoms with E-state index in [1.807, 2.05) is 13.8 Å². The number of rotatable bonds is 3. The first kappa shape index (κ1) is 11.9. The average molecular weight is 236 g/mol. The highest BCUT2D eigenvalue weighted by Gasteiger charge is 2.18. The molecule has 0 N–H and O–H groups in total. The fourth-order valence-corrected chi connectivity index (χ4v) is 2.14. The molecule has 66 valence electrons. The summed E-state index contributed by atoms with van der Waals surface area (Å²) in [6.45, 7) is 3.94. The maximum atomic E-state index is 5.60. The van der Waals surface area contributed by atoms with Crippen LogP contribution in [0.25, 0.3) is 0 Å². The van der Waals surface area contributed by atoms with Gasteiger partial charge in [0, 0.05) is 0 Å². The van der Waals surface area contributed by atoms with E-state index in [1.165, 1.54) is 0 Å². The van der Waals surface area contributed by atoms with Crippen LogP contribution in [0.1, 0.15) is 20.3 Å². The van der Waals surface area contributed by atoms with Crippen LogP contribution in [-0.4, -0.2) is 4.84 Å². The normalized spacial score (nSPS) is 11.9. The van der Waals surface area contributed by atoms with Gasteiger partial charge in [0.2, 0.25) is 0 Å². The predicted molar refractivity (Wildman–Crippen MR) is 53.7 cm³/mol. The fourth-order valence-electron chi connectivity index (χ4n) is 0.752. The van der Waals surface area contributed by atoms with Crippen LogP contribution in [0.15, 0.2) is 10.6 Å². The first-order chi connectivity index (χ1) is 4.83. The fraction of sp³-hybridized carbons (Fsp3) is 0.714. The number of alkyl halides is 2. The molecule has 0 fully saturated rings. The molecule has 0 unspecified atom stereocenters. The van der Waals surface area contributed by atoms with Crippen molar-refractivity contribution in [2.75, 3.05) is 0 Å². The molecule has 0 aliphatic rings. The minimum Gasteiger partial charge on any atom is -0.105 e. The number of allylic oxidation sites excluding steroid dienone is 1. The third kappa shape index (κ3) is 7.27. The van der Waals surface area contributed by atoms with Gasteiger partial charge in [-0.1, -0.05) is 37.0 Å². The molecule has 0 aromatic rings. The summed E-state index contributed by atoms with van der Waals surface area (Å²) in [5, 5.41) is 0. The Balaban J connectivity index is 4.11. The Hall–Kier alpha value is 0.900. The van der Waals surface area contributed by atoms with E-state index in [-0.39, 0.29) is 14.7 Å². The molecule has 0 saturated heterocycles. The van der Waals surface area contributed by atoms with E-state index < -0.39 is 0 Å². The third-order valence-electron chi connectivity index (χ3n) is 1.18. The van der Waals surface area contributed by atoms with Crippen LogP contribution in [0.2, 0.25) is 0 Å². The van der Waals surface area contributed by atoms with E-state index in [4.69, 9.17) is 46.4 Å². The van der Waals surface area contributed by atoms with Crippen LogP contribution in [0.4, 0.5) is 0 Å². The Labute approximate surface area is 87.5 Å². The zero-order chi connectivity index (χ0) is 9.07. The maximum absolute atomic E-state index is 5.60. The highest BCUT2D eigenvalue weighted by molar-refractivity contribution is 6.55. The molecule has 11 heavy (non-hydrogen) atoms. The monoisotopic (exact) mass is 234 g/mol. The Morgan fingerprint density at radius 3 is 2.09 bits per heavy atom. The first-order valence-electron chi connectivity index (χ1n) is 3.15. The predicted octanol–water partition coefficient (Wildman–Crippen LogP) is 4.53. The summed E-state index contributed by atoms with van der Waals surface area (Å²) in [5.41, 5.74) is -0.146. The molecule has 0 bridgehead atoms. The largest absolute Gasteiger partial charge is 0.108 e. The zero-order valence-corrected chi connectivity index (χ0v) is 9.40. The van der Waals surface area contributed by atoms with Crippen molar-refractivity contribution < 1.29 is 0 Å². The Morgan fingerprint density at radius 1 is 1.36 bits per heavy atom. The van der Waals surface area contributed by atoms with Gasteiger partial charge in [-0.25, -0.2) is 0 Å². The van der Waals surface area contributed by atoms with Gasteiger partial charge in [-0.2, -0.15) is 0 Å². The second-order valence-corrected chi connectivity index (χ2v) is 5.30. The highest BCUT2D eigenvalue weighted by Crippen LogP contribution is 2.30. The van der Waals surface area contributed by atoms with Gasteiger partial charge < -0.3 is 0 Å². The number of halogens is 4. The summed E-state index contributed by atoms with van der Waals surface area (Å²) in [7, 11) is 0. The smallest absolute Gasteiger partial charge is 0.105 e. The van der Waals surface area contributed by atoms with E-state index in [0.717, 1.165) is 0 Å². The molecule has 0 saturated carbocycles. The lowest BCUT2D eigenvalue weighted by molar-refractivity contribution is 0.455. The second-order valence-electron chi connectivity index (χ2n) is 3.02. The van der Waals surface area contributed by atoms with Crippen LogP contribution in [0, 0.1) is 5.41 Å². The molecule has 0 spiro atoms. The summed E-state index contributed by atoms with van der Waals surface area (Å²) < 4.78 is 0.254. The van der Waals surface area contributed by atoms with Crippen LogP contribution < -0.4 is 0 Å². The summed E-state index contributed by atoms with van der Waals surface area (Å²) in [6, 6.07) is 0. The van der Waals surface area contributed by atoms with E-state index in [2.05, 4.69) is 0 Å². The molecule has 0 atom stereocenters. The molecule has 0 aliphatic carbocycles. The minimum absolute atomic E-state index is 0.146. The maximum Gasteiger partial charge on any atom is 0.108 e. The Bertz CT molecular complexity index is 145. The molecule has 0 aromatic carbocycles. The van der Waals surface area contributed by atoms with Crippen molar-refractivity contribution in [3.63, 3.8) is 0 Å². The summed E-state index contributed by atoms with van der Waals surface area (Å²) in [5.74, 6) is 0. The average Bonchev–Trinajstić information content (AvgIpc) is 1.53. The molecule has 0 amide bonds. The third-order valence-corrected chi connectivity index (χ3v) is 1.71. The van der Waals surface area contributed by atoms with Crippen molar-refractivity contribution in [3.8, 4) is 0 Å². The van der Waals surface area contributed by atoms with Gasteiger partial charge in [0.05, 0.1) is 0 Å². The molecular weight excluding hydrogens is 226 g/mol. The number of hydrogen-bond donors (Lipinski definition) is 0. The lowest BCUT2D eigenvalue weighted by Crippen LogP contribution is -2.11. The minimum atomic E-state index is -0.381. The molecule has 0 radical (unpaired) electrons. The Morgan fingerprint density at radius 2 is 1.82 bits per heavy atom. The molecule has 0 heterocycles. The standard InChI is InChI=1S/C7H10Cl4/c1-7(2,3-5(8)9)4-6(10)11/h3,6H,4H2,1-2H3. The lowest BCUT2D eigenvalue weighted by Gasteiger charge is -2.20.